The first kappa shape index (κ1) is 20.6. The summed E-state index contributed by atoms with van der Waals surface area (Å²) in [5.41, 5.74) is 9.78. The number of quaternary nitrogens is 1. The quantitative estimate of drug-likeness (QED) is 0.480. The largest absolute Gasteiger partial charge is 0.384 e. The van der Waals surface area contributed by atoms with E-state index in [9.17, 15) is 4.79 Å². The van der Waals surface area contributed by atoms with Crippen molar-refractivity contribution < 1.29 is 14.4 Å². The number of carbonyl (C=O) groups is 1. The van der Waals surface area contributed by atoms with Gasteiger partial charge in [0.05, 0.1) is 37.3 Å². The molecule has 0 bridgehead atoms. The molecule has 1 saturated heterocycles. The van der Waals surface area contributed by atoms with Gasteiger partial charge in [-0.1, -0.05) is 31.9 Å². The van der Waals surface area contributed by atoms with E-state index in [2.05, 4.69) is 12.2 Å². The molecule has 160 valence electrons. The number of para-hydroxylation sites is 2. The van der Waals surface area contributed by atoms with Gasteiger partial charge in [-0.2, -0.15) is 0 Å². The number of nitrogens with two attached hydrogens (primary N) is 1. The van der Waals surface area contributed by atoms with Crippen molar-refractivity contribution in [2.45, 2.75) is 32.7 Å². The van der Waals surface area contributed by atoms with E-state index in [0.717, 1.165) is 63.1 Å². The number of nitrogen functional groups attached to an aromatic ring is 1. The number of anilines is 1. The van der Waals surface area contributed by atoms with E-state index in [1.54, 1.807) is 0 Å². The fraction of sp³-hybridized carbons (Fsp3) is 0.500. The second kappa shape index (κ2) is 9.40. The molecule has 4 N–H and O–H groups in total. The van der Waals surface area contributed by atoms with E-state index < -0.39 is 0 Å². The minimum Gasteiger partial charge on any atom is -0.384 e. The van der Waals surface area contributed by atoms with Crippen LogP contribution in [0.2, 0.25) is 0 Å². The number of hydrogen-bond acceptors (Lipinski definition) is 5. The van der Waals surface area contributed by atoms with Crippen LogP contribution in [0.4, 0.5) is 5.82 Å². The molecule has 0 spiro atoms. The molecule has 3 aromatic rings. The van der Waals surface area contributed by atoms with Crippen LogP contribution in [0.3, 0.4) is 0 Å². The van der Waals surface area contributed by atoms with Gasteiger partial charge in [0, 0.05) is 6.54 Å². The van der Waals surface area contributed by atoms with E-state index in [-0.39, 0.29) is 5.91 Å². The molecule has 30 heavy (non-hydrogen) atoms. The number of aromatic nitrogens is 3. The Kier molecular flexibility index (Phi) is 6.44. The maximum Gasteiger partial charge on any atom is 0.257 e. The molecule has 3 heterocycles. The second-order valence-corrected chi connectivity index (χ2v) is 7.87. The third kappa shape index (κ3) is 4.24. The molecule has 0 saturated carbocycles. The maximum atomic E-state index is 13.0. The van der Waals surface area contributed by atoms with Crippen LogP contribution in [0.5, 0.6) is 0 Å². The Balaban J connectivity index is 1.68. The SMILES string of the molecule is CCCCCNC(=O)c1c(N)n(CC[NH+]2CCOCC2)c2nc3ccccc3nc12. The first-order chi connectivity index (χ1) is 14.7. The normalized spacial score (nSPS) is 15.1. The van der Waals surface area contributed by atoms with Crippen molar-refractivity contribution in [2.75, 3.05) is 45.1 Å². The molecule has 0 atom stereocenters. The number of rotatable bonds is 8. The first-order valence-electron chi connectivity index (χ1n) is 10.9. The molecule has 1 amide bonds. The zero-order chi connectivity index (χ0) is 20.9. The summed E-state index contributed by atoms with van der Waals surface area (Å²) in [6.45, 7) is 7.91. The Bertz CT molecular complexity index is 1030. The van der Waals surface area contributed by atoms with Gasteiger partial charge in [-0.25, -0.2) is 9.97 Å². The Morgan fingerprint density at radius 2 is 1.93 bits per heavy atom. The van der Waals surface area contributed by atoms with Crippen LogP contribution in [0.1, 0.15) is 36.5 Å². The van der Waals surface area contributed by atoms with Crippen molar-refractivity contribution in [1.29, 1.82) is 0 Å². The topological polar surface area (TPSA) is 99.5 Å². The van der Waals surface area contributed by atoms with Crippen LogP contribution in [0.25, 0.3) is 22.2 Å². The molecule has 1 fully saturated rings. The molecule has 8 nitrogen and oxygen atoms in total. The predicted molar refractivity (Wildman–Crippen MR) is 118 cm³/mol. The fourth-order valence-corrected chi connectivity index (χ4v) is 4.01. The van der Waals surface area contributed by atoms with E-state index in [4.69, 9.17) is 20.4 Å². The van der Waals surface area contributed by atoms with E-state index in [1.807, 2.05) is 28.8 Å². The molecule has 8 heteroatoms. The predicted octanol–water partition coefficient (Wildman–Crippen LogP) is 1.00. The van der Waals surface area contributed by atoms with Gasteiger partial charge in [-0.15, -0.1) is 0 Å². The average Bonchev–Trinajstić information content (AvgIpc) is 3.04. The Labute approximate surface area is 176 Å². The number of unbranched alkanes of at least 4 members (excludes halogenated alkanes) is 2. The lowest BCUT2D eigenvalue weighted by molar-refractivity contribution is -0.908. The zero-order valence-corrected chi connectivity index (χ0v) is 17.6. The molecule has 0 aliphatic carbocycles. The van der Waals surface area contributed by atoms with Gasteiger partial charge in [0.25, 0.3) is 5.91 Å². The summed E-state index contributed by atoms with van der Waals surface area (Å²) in [4.78, 5) is 24.1. The lowest BCUT2D eigenvalue weighted by atomic mass is 10.2. The highest BCUT2D eigenvalue weighted by Crippen LogP contribution is 2.27. The molecule has 1 aliphatic rings. The first-order valence-corrected chi connectivity index (χ1v) is 10.9. The summed E-state index contributed by atoms with van der Waals surface area (Å²) < 4.78 is 7.41. The van der Waals surface area contributed by atoms with Crippen molar-refractivity contribution in [3.05, 3.63) is 29.8 Å². The van der Waals surface area contributed by atoms with Crippen molar-refractivity contribution in [1.82, 2.24) is 19.9 Å². The van der Waals surface area contributed by atoms with Gasteiger partial charge in [0.15, 0.2) is 5.65 Å². The highest BCUT2D eigenvalue weighted by Gasteiger charge is 2.24. The minimum atomic E-state index is -0.171. The monoisotopic (exact) mass is 411 g/mol. The number of ether oxygens (including phenoxy) is 1. The molecule has 2 aromatic heterocycles. The molecule has 0 unspecified atom stereocenters. The molecule has 0 radical (unpaired) electrons. The molecule has 4 rings (SSSR count). The third-order valence-electron chi connectivity index (χ3n) is 5.77. The van der Waals surface area contributed by atoms with Gasteiger partial charge >= 0.3 is 0 Å². The van der Waals surface area contributed by atoms with Crippen LogP contribution in [-0.4, -0.2) is 59.8 Å². The van der Waals surface area contributed by atoms with E-state index >= 15 is 0 Å². The highest BCUT2D eigenvalue weighted by atomic mass is 16.5. The molecule has 1 aromatic carbocycles. The summed E-state index contributed by atoms with van der Waals surface area (Å²) >= 11 is 0. The Morgan fingerprint density at radius 1 is 1.20 bits per heavy atom. The Hall–Kier alpha value is -2.71. The second-order valence-electron chi connectivity index (χ2n) is 7.87. The highest BCUT2D eigenvalue weighted by molar-refractivity contribution is 6.10. The summed E-state index contributed by atoms with van der Waals surface area (Å²) in [5, 5.41) is 3.01. The zero-order valence-electron chi connectivity index (χ0n) is 17.6. The van der Waals surface area contributed by atoms with Gasteiger partial charge in [0.2, 0.25) is 0 Å². The summed E-state index contributed by atoms with van der Waals surface area (Å²) in [6.07, 6.45) is 3.15. The standard InChI is InChI=1S/C22H30N6O2/c1-2-3-6-9-24-22(29)18-19-21(26-17-8-5-4-7-16(17)25-19)28(20(18)23)11-10-27-12-14-30-15-13-27/h4-5,7-8H,2-3,6,9-15,23H2,1H3,(H,24,29)/p+1. The Morgan fingerprint density at radius 3 is 2.67 bits per heavy atom. The number of carbonyl (C=O) groups excluding carboxylic acids is 1. The van der Waals surface area contributed by atoms with Gasteiger partial charge in [0.1, 0.15) is 30.0 Å². The summed E-state index contributed by atoms with van der Waals surface area (Å²) in [5.74, 6) is 0.275. The van der Waals surface area contributed by atoms with Crippen LogP contribution in [0, 0.1) is 0 Å². The van der Waals surface area contributed by atoms with Gasteiger partial charge < -0.3 is 25.3 Å². The number of amides is 1. The van der Waals surface area contributed by atoms with Crippen molar-refractivity contribution in [3.63, 3.8) is 0 Å². The lowest BCUT2D eigenvalue weighted by Crippen LogP contribution is -3.14. The number of morpholine rings is 1. The summed E-state index contributed by atoms with van der Waals surface area (Å²) in [7, 11) is 0. The van der Waals surface area contributed by atoms with E-state index in [0.29, 0.717) is 35.6 Å². The molecule has 1 aliphatic heterocycles. The van der Waals surface area contributed by atoms with E-state index in [1.165, 1.54) is 4.90 Å². The van der Waals surface area contributed by atoms with Gasteiger partial charge in [-0.05, 0) is 18.6 Å². The number of fused-ring (bicyclic) bond motifs is 2. The van der Waals surface area contributed by atoms with Crippen molar-refractivity contribution >= 4 is 33.9 Å². The smallest absolute Gasteiger partial charge is 0.257 e. The maximum absolute atomic E-state index is 13.0. The lowest BCUT2D eigenvalue weighted by Gasteiger charge is -2.24. The van der Waals surface area contributed by atoms with Crippen molar-refractivity contribution in [2.24, 2.45) is 0 Å². The molecular formula is C22H31N6O2+. The average molecular weight is 412 g/mol. The number of nitrogens with zero attached hydrogens (tertiary/aromatic N) is 3. The van der Waals surface area contributed by atoms with Crippen LogP contribution in [0.15, 0.2) is 24.3 Å². The minimum absolute atomic E-state index is 0.171. The summed E-state index contributed by atoms with van der Waals surface area (Å²) in [6, 6.07) is 7.72. The fourth-order valence-electron chi connectivity index (χ4n) is 4.01. The van der Waals surface area contributed by atoms with Crippen LogP contribution >= 0.6 is 0 Å². The number of benzene rings is 1. The molecular weight excluding hydrogens is 380 g/mol. The number of hydrogen-bond donors (Lipinski definition) is 3. The van der Waals surface area contributed by atoms with Gasteiger partial charge in [-0.3, -0.25) is 4.79 Å². The van der Waals surface area contributed by atoms with Crippen LogP contribution in [-0.2, 0) is 11.3 Å². The van der Waals surface area contributed by atoms with Crippen molar-refractivity contribution in [3.8, 4) is 0 Å². The van der Waals surface area contributed by atoms with Crippen LogP contribution < -0.4 is 16.0 Å². The number of nitrogens with one attached hydrogen (secondary N) is 2. The third-order valence-corrected chi connectivity index (χ3v) is 5.77.